The van der Waals surface area contributed by atoms with E-state index in [2.05, 4.69) is 15.5 Å². The molecule has 3 atom stereocenters. The van der Waals surface area contributed by atoms with Crippen LogP contribution in [0.15, 0.2) is 6.33 Å². The predicted octanol–water partition coefficient (Wildman–Crippen LogP) is 0.493. The van der Waals surface area contributed by atoms with E-state index in [0.717, 1.165) is 0 Å². The number of aromatic nitrogens is 3. The Kier molecular flexibility index (Phi) is 3.82. The molecular formula is C12H18N4O3. The van der Waals surface area contributed by atoms with E-state index < -0.39 is 5.97 Å². The molecule has 7 nitrogen and oxygen atoms in total. The minimum Gasteiger partial charge on any atom is -0.481 e. The van der Waals surface area contributed by atoms with Crippen molar-refractivity contribution >= 4 is 11.9 Å². The lowest BCUT2D eigenvalue weighted by atomic mass is 10.0. The average molecular weight is 266 g/mol. The highest BCUT2D eigenvalue weighted by molar-refractivity contribution is 5.81. The first-order valence-corrected chi connectivity index (χ1v) is 6.36. The molecule has 1 amide bonds. The van der Waals surface area contributed by atoms with Crippen molar-refractivity contribution in [2.45, 2.75) is 32.2 Å². The molecule has 0 spiro atoms. The van der Waals surface area contributed by atoms with Gasteiger partial charge in [-0.2, -0.15) is 0 Å². The van der Waals surface area contributed by atoms with Gasteiger partial charge in [-0.1, -0.05) is 0 Å². The number of carboxylic acid groups (broad SMARTS) is 1. The molecule has 1 aliphatic carbocycles. The molecule has 0 saturated heterocycles. The van der Waals surface area contributed by atoms with E-state index in [1.165, 1.54) is 0 Å². The summed E-state index contributed by atoms with van der Waals surface area (Å²) in [7, 11) is 1.81. The molecule has 104 valence electrons. The second kappa shape index (κ2) is 5.38. The SMILES string of the molecule is CC(NC(=O)[C@@H]1CC[C@H](C(=O)O)C1)c1nncn1C. The Labute approximate surface area is 111 Å². The van der Waals surface area contributed by atoms with Gasteiger partial charge in [-0.3, -0.25) is 9.59 Å². The molecule has 1 saturated carbocycles. The Morgan fingerprint density at radius 3 is 2.68 bits per heavy atom. The van der Waals surface area contributed by atoms with Gasteiger partial charge in [-0.25, -0.2) is 0 Å². The van der Waals surface area contributed by atoms with Crippen molar-refractivity contribution < 1.29 is 14.7 Å². The molecular weight excluding hydrogens is 248 g/mol. The number of amides is 1. The molecule has 0 aromatic carbocycles. The van der Waals surface area contributed by atoms with Crippen LogP contribution in [0.1, 0.15) is 38.1 Å². The van der Waals surface area contributed by atoms with Crippen LogP contribution in [0.4, 0.5) is 0 Å². The van der Waals surface area contributed by atoms with E-state index in [4.69, 9.17) is 5.11 Å². The zero-order chi connectivity index (χ0) is 14.0. The van der Waals surface area contributed by atoms with Crippen LogP contribution < -0.4 is 5.32 Å². The fraction of sp³-hybridized carbons (Fsp3) is 0.667. The summed E-state index contributed by atoms with van der Waals surface area (Å²) in [6.07, 6.45) is 3.21. The quantitative estimate of drug-likeness (QED) is 0.826. The monoisotopic (exact) mass is 266 g/mol. The van der Waals surface area contributed by atoms with Gasteiger partial charge >= 0.3 is 5.97 Å². The molecule has 1 aliphatic rings. The number of carboxylic acids is 1. The van der Waals surface area contributed by atoms with Gasteiger partial charge in [0.15, 0.2) is 5.82 Å². The molecule has 0 radical (unpaired) electrons. The zero-order valence-corrected chi connectivity index (χ0v) is 11.0. The van der Waals surface area contributed by atoms with Crippen molar-refractivity contribution in [1.82, 2.24) is 20.1 Å². The van der Waals surface area contributed by atoms with E-state index in [1.54, 1.807) is 10.9 Å². The summed E-state index contributed by atoms with van der Waals surface area (Å²) in [5.74, 6) is -0.824. The van der Waals surface area contributed by atoms with Crippen molar-refractivity contribution in [1.29, 1.82) is 0 Å². The number of aryl methyl sites for hydroxylation is 1. The van der Waals surface area contributed by atoms with E-state index in [0.29, 0.717) is 25.1 Å². The number of nitrogens with one attached hydrogen (secondary N) is 1. The van der Waals surface area contributed by atoms with Gasteiger partial charge in [-0.05, 0) is 26.2 Å². The standard InChI is InChI=1S/C12H18N4O3/c1-7(10-15-13-6-16(10)2)14-11(17)8-3-4-9(5-8)12(18)19/h6-9H,3-5H2,1-2H3,(H,14,17)(H,18,19)/t7?,8-,9+/m1/s1. The van der Waals surface area contributed by atoms with Crippen LogP contribution >= 0.6 is 0 Å². The maximum Gasteiger partial charge on any atom is 0.306 e. The summed E-state index contributed by atoms with van der Waals surface area (Å²) in [5.41, 5.74) is 0. The Bertz CT molecular complexity index is 485. The van der Waals surface area contributed by atoms with Crippen LogP contribution in [-0.4, -0.2) is 31.7 Å². The smallest absolute Gasteiger partial charge is 0.306 e. The molecule has 2 N–H and O–H groups in total. The molecule has 0 aliphatic heterocycles. The first kappa shape index (κ1) is 13.5. The number of carbonyl (C=O) groups is 2. The van der Waals surface area contributed by atoms with Crippen LogP contribution in [0, 0.1) is 11.8 Å². The van der Waals surface area contributed by atoms with Gasteiger partial charge in [0.2, 0.25) is 5.91 Å². The lowest BCUT2D eigenvalue weighted by molar-refractivity contribution is -0.141. The summed E-state index contributed by atoms with van der Waals surface area (Å²) in [4.78, 5) is 22.9. The van der Waals surface area contributed by atoms with E-state index in [9.17, 15) is 9.59 Å². The fourth-order valence-corrected chi connectivity index (χ4v) is 2.52. The van der Waals surface area contributed by atoms with Crippen molar-refractivity contribution in [3.05, 3.63) is 12.2 Å². The number of nitrogens with zero attached hydrogens (tertiary/aromatic N) is 3. The van der Waals surface area contributed by atoms with Crippen molar-refractivity contribution in [2.75, 3.05) is 0 Å². The van der Waals surface area contributed by atoms with Crippen LogP contribution in [0.2, 0.25) is 0 Å². The second-order valence-electron chi connectivity index (χ2n) is 5.08. The molecule has 7 heteroatoms. The summed E-state index contributed by atoms with van der Waals surface area (Å²) in [6.45, 7) is 1.84. The number of rotatable bonds is 4. The third-order valence-electron chi connectivity index (χ3n) is 3.65. The largest absolute Gasteiger partial charge is 0.481 e. The lowest BCUT2D eigenvalue weighted by Gasteiger charge is -2.16. The van der Waals surface area contributed by atoms with E-state index in [1.807, 2.05) is 14.0 Å². The first-order chi connectivity index (χ1) is 8.99. The topological polar surface area (TPSA) is 97.1 Å². The van der Waals surface area contributed by atoms with Gasteiger partial charge in [0.1, 0.15) is 6.33 Å². The van der Waals surface area contributed by atoms with Gasteiger partial charge in [0.25, 0.3) is 0 Å². The normalized spacial score (nSPS) is 24.1. The molecule has 1 unspecified atom stereocenters. The second-order valence-corrected chi connectivity index (χ2v) is 5.08. The fourth-order valence-electron chi connectivity index (χ4n) is 2.52. The number of hydrogen-bond acceptors (Lipinski definition) is 4. The van der Waals surface area contributed by atoms with E-state index in [-0.39, 0.29) is 23.8 Å². The van der Waals surface area contributed by atoms with Crippen molar-refractivity contribution in [3.8, 4) is 0 Å². The highest BCUT2D eigenvalue weighted by Crippen LogP contribution is 2.31. The Balaban J connectivity index is 1.92. The predicted molar refractivity (Wildman–Crippen MR) is 66.0 cm³/mol. The zero-order valence-electron chi connectivity index (χ0n) is 11.0. The Morgan fingerprint density at radius 1 is 1.47 bits per heavy atom. The highest BCUT2D eigenvalue weighted by atomic mass is 16.4. The third-order valence-corrected chi connectivity index (χ3v) is 3.65. The van der Waals surface area contributed by atoms with Gasteiger partial charge in [0.05, 0.1) is 12.0 Å². The minimum atomic E-state index is -0.809. The summed E-state index contributed by atoms with van der Waals surface area (Å²) < 4.78 is 1.75. The molecule has 1 heterocycles. The molecule has 2 rings (SSSR count). The molecule has 1 aromatic rings. The van der Waals surface area contributed by atoms with Crippen LogP contribution in [-0.2, 0) is 16.6 Å². The lowest BCUT2D eigenvalue weighted by Crippen LogP contribution is -2.33. The Hall–Kier alpha value is -1.92. The van der Waals surface area contributed by atoms with Crippen LogP contribution in [0.3, 0.4) is 0 Å². The molecule has 19 heavy (non-hydrogen) atoms. The summed E-state index contributed by atoms with van der Waals surface area (Å²) >= 11 is 0. The average Bonchev–Trinajstić information content (AvgIpc) is 2.96. The maximum absolute atomic E-state index is 12.1. The molecule has 0 bridgehead atoms. The minimum absolute atomic E-state index is 0.0979. The third kappa shape index (κ3) is 2.91. The Morgan fingerprint density at radius 2 is 2.16 bits per heavy atom. The highest BCUT2D eigenvalue weighted by Gasteiger charge is 2.34. The summed E-state index contributed by atoms with van der Waals surface area (Å²) in [5, 5.41) is 19.5. The van der Waals surface area contributed by atoms with Crippen LogP contribution in [0.25, 0.3) is 0 Å². The molecule has 1 fully saturated rings. The molecule has 1 aromatic heterocycles. The number of aliphatic carboxylic acids is 1. The van der Waals surface area contributed by atoms with Gasteiger partial charge in [-0.15, -0.1) is 10.2 Å². The van der Waals surface area contributed by atoms with Gasteiger partial charge in [0, 0.05) is 13.0 Å². The summed E-state index contributed by atoms with van der Waals surface area (Å²) in [6, 6.07) is -0.233. The maximum atomic E-state index is 12.1. The van der Waals surface area contributed by atoms with Gasteiger partial charge < -0.3 is 15.0 Å². The number of hydrogen-bond donors (Lipinski definition) is 2. The van der Waals surface area contributed by atoms with Crippen LogP contribution in [0.5, 0.6) is 0 Å². The van der Waals surface area contributed by atoms with Crippen molar-refractivity contribution in [3.63, 3.8) is 0 Å². The van der Waals surface area contributed by atoms with Crippen molar-refractivity contribution in [2.24, 2.45) is 18.9 Å². The number of carbonyl (C=O) groups excluding carboxylic acids is 1. The first-order valence-electron chi connectivity index (χ1n) is 6.36. The van der Waals surface area contributed by atoms with E-state index >= 15 is 0 Å².